The fraction of sp³-hybridized carbons (Fsp3) is 0.0476. The van der Waals surface area contributed by atoms with Gasteiger partial charge in [0.15, 0.2) is 0 Å². The van der Waals surface area contributed by atoms with Gasteiger partial charge < -0.3 is 4.43 Å². The van der Waals surface area contributed by atoms with E-state index in [2.05, 4.69) is 61.7 Å². The fourth-order valence-corrected chi connectivity index (χ4v) is 5.54. The molecular formula is C21H20OSi. The van der Waals surface area contributed by atoms with E-state index < -0.39 is 8.32 Å². The summed E-state index contributed by atoms with van der Waals surface area (Å²) in [6, 6.07) is 29.2. The highest BCUT2D eigenvalue weighted by Crippen LogP contribution is 2.18. The largest absolute Gasteiger partial charge is 0.535 e. The van der Waals surface area contributed by atoms with Gasteiger partial charge in [0.2, 0.25) is 0 Å². The molecule has 0 saturated carbocycles. The maximum atomic E-state index is 6.58. The minimum Gasteiger partial charge on any atom is -0.535 e. The van der Waals surface area contributed by atoms with Crippen LogP contribution in [0.4, 0.5) is 0 Å². The monoisotopic (exact) mass is 316 g/mol. The van der Waals surface area contributed by atoms with Crippen LogP contribution in [0.3, 0.4) is 0 Å². The third kappa shape index (κ3) is 3.27. The third-order valence-corrected chi connectivity index (χ3v) is 7.60. The molecule has 114 valence electrons. The van der Waals surface area contributed by atoms with Crippen LogP contribution < -0.4 is 14.8 Å². The predicted molar refractivity (Wildman–Crippen MR) is 101 cm³/mol. The van der Waals surface area contributed by atoms with Gasteiger partial charge in [0.05, 0.1) is 0 Å². The SMILES string of the molecule is C=Cc1ccc(O[Si](C)(c2ccccc2)c2ccccc2)cc1. The molecule has 0 spiro atoms. The molecule has 0 aromatic heterocycles. The molecule has 0 saturated heterocycles. The zero-order valence-corrected chi connectivity index (χ0v) is 14.3. The average molecular weight is 316 g/mol. The number of benzene rings is 3. The van der Waals surface area contributed by atoms with Crippen LogP contribution in [0.1, 0.15) is 5.56 Å². The Hall–Kier alpha value is -2.58. The highest BCUT2D eigenvalue weighted by atomic mass is 28.4. The lowest BCUT2D eigenvalue weighted by Gasteiger charge is -2.29. The van der Waals surface area contributed by atoms with Gasteiger partial charge in [-0.15, -0.1) is 0 Å². The first kappa shape index (κ1) is 15.3. The Kier molecular flexibility index (Phi) is 4.44. The van der Waals surface area contributed by atoms with Crippen LogP contribution in [0.5, 0.6) is 5.75 Å². The van der Waals surface area contributed by atoms with Gasteiger partial charge in [-0.05, 0) is 34.6 Å². The first-order valence-corrected chi connectivity index (χ1v) is 10.2. The van der Waals surface area contributed by atoms with Crippen molar-refractivity contribution in [1.29, 1.82) is 0 Å². The first-order chi connectivity index (χ1) is 11.2. The van der Waals surface area contributed by atoms with Gasteiger partial charge in [-0.3, -0.25) is 0 Å². The molecule has 23 heavy (non-hydrogen) atoms. The lowest BCUT2D eigenvalue weighted by atomic mass is 10.2. The van der Waals surface area contributed by atoms with Crippen LogP contribution in [0.15, 0.2) is 91.5 Å². The molecule has 0 unspecified atom stereocenters. The summed E-state index contributed by atoms with van der Waals surface area (Å²) in [6.07, 6.45) is 1.84. The number of hydrogen-bond acceptors (Lipinski definition) is 1. The van der Waals surface area contributed by atoms with Crippen LogP contribution in [0.2, 0.25) is 6.55 Å². The van der Waals surface area contributed by atoms with Crippen molar-refractivity contribution in [1.82, 2.24) is 0 Å². The lowest BCUT2D eigenvalue weighted by Crippen LogP contribution is -2.60. The van der Waals surface area contributed by atoms with Crippen LogP contribution in [-0.4, -0.2) is 8.32 Å². The van der Waals surface area contributed by atoms with Gasteiger partial charge in [-0.25, -0.2) is 0 Å². The number of hydrogen-bond donors (Lipinski definition) is 0. The van der Waals surface area contributed by atoms with Gasteiger partial charge >= 0.3 is 8.32 Å². The Morgan fingerprint density at radius 3 is 1.65 bits per heavy atom. The normalized spacial score (nSPS) is 11.0. The number of rotatable bonds is 5. The van der Waals surface area contributed by atoms with E-state index in [1.165, 1.54) is 10.4 Å². The zero-order valence-electron chi connectivity index (χ0n) is 13.3. The molecule has 0 aliphatic rings. The van der Waals surface area contributed by atoms with Gasteiger partial charge in [-0.1, -0.05) is 85.5 Å². The van der Waals surface area contributed by atoms with Crippen LogP contribution in [0.25, 0.3) is 6.08 Å². The second kappa shape index (κ2) is 6.67. The van der Waals surface area contributed by atoms with Crippen molar-refractivity contribution in [3.63, 3.8) is 0 Å². The van der Waals surface area contributed by atoms with Crippen molar-refractivity contribution in [3.8, 4) is 5.75 Å². The molecular weight excluding hydrogens is 296 g/mol. The van der Waals surface area contributed by atoms with Crippen molar-refractivity contribution in [3.05, 3.63) is 97.1 Å². The molecule has 0 N–H and O–H groups in total. The van der Waals surface area contributed by atoms with Gasteiger partial charge in [0.25, 0.3) is 0 Å². The summed E-state index contributed by atoms with van der Waals surface area (Å²) in [4.78, 5) is 0. The van der Waals surface area contributed by atoms with E-state index in [0.29, 0.717) is 0 Å². The minimum atomic E-state index is -2.30. The topological polar surface area (TPSA) is 9.23 Å². The van der Waals surface area contributed by atoms with E-state index >= 15 is 0 Å². The summed E-state index contributed by atoms with van der Waals surface area (Å²) in [5.41, 5.74) is 1.10. The molecule has 0 fully saturated rings. The standard InChI is InChI=1S/C21H20OSi/c1-3-18-14-16-19(17-15-18)22-23(2,20-10-6-4-7-11-20)21-12-8-5-9-13-21/h3-17H,1H2,2H3. The third-order valence-electron chi connectivity index (χ3n) is 4.09. The lowest BCUT2D eigenvalue weighted by molar-refractivity contribution is 0.571. The summed E-state index contributed by atoms with van der Waals surface area (Å²) in [6.45, 7) is 6.05. The molecule has 0 radical (unpaired) electrons. The van der Waals surface area contributed by atoms with Crippen molar-refractivity contribution in [2.75, 3.05) is 0 Å². The summed E-state index contributed by atoms with van der Waals surface area (Å²) in [5.74, 6) is 0.900. The Bertz CT molecular complexity index is 724. The Labute approximate surface area is 139 Å². The summed E-state index contributed by atoms with van der Waals surface area (Å²) in [7, 11) is -2.30. The van der Waals surface area contributed by atoms with Crippen LogP contribution in [-0.2, 0) is 0 Å². The molecule has 1 nitrogen and oxygen atoms in total. The maximum absolute atomic E-state index is 6.58. The smallest absolute Gasteiger partial charge is 0.311 e. The predicted octanol–water partition coefficient (Wildman–Crippen LogP) is 4.10. The van der Waals surface area contributed by atoms with Crippen molar-refractivity contribution >= 4 is 24.8 Å². The second-order valence-corrected chi connectivity index (χ2v) is 9.07. The molecule has 3 aromatic carbocycles. The molecule has 3 rings (SSSR count). The van der Waals surface area contributed by atoms with Crippen molar-refractivity contribution in [2.24, 2.45) is 0 Å². The van der Waals surface area contributed by atoms with E-state index in [-0.39, 0.29) is 0 Å². The van der Waals surface area contributed by atoms with E-state index in [1.54, 1.807) is 0 Å². The molecule has 3 aromatic rings. The van der Waals surface area contributed by atoms with Gasteiger partial charge in [0, 0.05) is 0 Å². The van der Waals surface area contributed by atoms with E-state index in [1.807, 2.05) is 42.5 Å². The zero-order chi connectivity index (χ0) is 16.1. The minimum absolute atomic E-state index is 0.900. The van der Waals surface area contributed by atoms with Crippen LogP contribution >= 0.6 is 0 Å². The second-order valence-electron chi connectivity index (χ2n) is 5.64. The average Bonchev–Trinajstić information content (AvgIpc) is 2.64. The van der Waals surface area contributed by atoms with Crippen LogP contribution in [0, 0.1) is 0 Å². The first-order valence-electron chi connectivity index (χ1n) is 7.75. The Balaban J connectivity index is 2.03. The fourth-order valence-electron chi connectivity index (χ4n) is 2.70. The summed E-state index contributed by atoms with van der Waals surface area (Å²) >= 11 is 0. The molecule has 0 aliphatic carbocycles. The van der Waals surface area contributed by atoms with Crippen molar-refractivity contribution in [2.45, 2.75) is 6.55 Å². The van der Waals surface area contributed by atoms with Gasteiger partial charge in [-0.2, -0.15) is 0 Å². The molecule has 0 bridgehead atoms. The van der Waals surface area contributed by atoms with Crippen molar-refractivity contribution < 1.29 is 4.43 Å². The van der Waals surface area contributed by atoms with E-state index in [9.17, 15) is 0 Å². The highest BCUT2D eigenvalue weighted by molar-refractivity contribution is 6.97. The quantitative estimate of drug-likeness (QED) is 0.644. The molecule has 0 amide bonds. The highest BCUT2D eigenvalue weighted by Gasteiger charge is 2.35. The maximum Gasteiger partial charge on any atom is 0.311 e. The Morgan fingerprint density at radius 1 is 0.739 bits per heavy atom. The Morgan fingerprint density at radius 2 is 1.22 bits per heavy atom. The molecule has 2 heteroatoms. The summed E-state index contributed by atoms with van der Waals surface area (Å²) < 4.78 is 6.58. The van der Waals surface area contributed by atoms with E-state index in [4.69, 9.17) is 4.43 Å². The van der Waals surface area contributed by atoms with E-state index in [0.717, 1.165) is 11.3 Å². The molecule has 0 aliphatic heterocycles. The summed E-state index contributed by atoms with van der Waals surface area (Å²) in [5, 5.41) is 2.53. The molecule has 0 atom stereocenters. The van der Waals surface area contributed by atoms with Gasteiger partial charge in [0.1, 0.15) is 5.75 Å². The molecule has 0 heterocycles.